The Bertz CT molecular complexity index is 482. The fraction of sp³-hybridized carbons (Fsp3) is 0.500. The number of nitrogens with zero attached hydrogens (tertiary/aromatic N) is 1. The lowest BCUT2D eigenvalue weighted by molar-refractivity contribution is -0.145. The summed E-state index contributed by atoms with van der Waals surface area (Å²) < 4.78 is 0. The lowest BCUT2D eigenvalue weighted by atomic mass is 10.00. The van der Waals surface area contributed by atoms with Gasteiger partial charge in [0.25, 0.3) is 0 Å². The Hall–Kier alpha value is -1.84. The van der Waals surface area contributed by atoms with Gasteiger partial charge in [-0.1, -0.05) is 24.6 Å². The monoisotopic (exact) mass is 274 g/mol. The first-order valence-electron chi connectivity index (χ1n) is 7.30. The Morgan fingerprint density at radius 2 is 1.95 bits per heavy atom. The molecule has 4 heteroatoms. The quantitative estimate of drug-likeness (QED) is 0.843. The minimum absolute atomic E-state index is 0.208. The number of piperidine rings is 1. The molecule has 0 spiro atoms. The number of hydrogen-bond donors (Lipinski definition) is 1. The highest BCUT2D eigenvalue weighted by Crippen LogP contribution is 2.20. The number of hydrogen-bond acceptors (Lipinski definition) is 2. The number of carbonyl (C=O) groups excluding carboxylic acids is 2. The minimum atomic E-state index is -0.533. The normalized spacial score (nSPS) is 18.7. The van der Waals surface area contributed by atoms with Crippen LogP contribution in [0.5, 0.6) is 0 Å². The first kappa shape index (κ1) is 14.6. The number of anilines is 1. The van der Waals surface area contributed by atoms with Crippen LogP contribution in [0.1, 0.15) is 38.2 Å². The van der Waals surface area contributed by atoms with Crippen LogP contribution in [-0.2, 0) is 9.59 Å². The second kappa shape index (κ2) is 6.55. The smallest absolute Gasteiger partial charge is 0.313 e. The maximum atomic E-state index is 12.3. The third-order valence-electron chi connectivity index (χ3n) is 3.86. The molecular weight excluding hydrogens is 252 g/mol. The third kappa shape index (κ3) is 3.38. The zero-order valence-corrected chi connectivity index (χ0v) is 12.2. The standard InChI is InChI=1S/C16H22N2O2/c1-3-14-6-4-5-11-18(14)16(20)15(19)17-13-9-7-12(2)8-10-13/h7-10,14H,3-6,11H2,1-2H3,(H,17,19)/t14-/m0/s1. The molecule has 20 heavy (non-hydrogen) atoms. The summed E-state index contributed by atoms with van der Waals surface area (Å²) in [5.41, 5.74) is 1.79. The van der Waals surface area contributed by atoms with Gasteiger partial charge in [0.05, 0.1) is 0 Å². The van der Waals surface area contributed by atoms with Gasteiger partial charge in [0.15, 0.2) is 0 Å². The maximum Gasteiger partial charge on any atom is 0.313 e. The Kier molecular flexibility index (Phi) is 4.77. The van der Waals surface area contributed by atoms with Gasteiger partial charge in [-0.3, -0.25) is 9.59 Å². The molecule has 4 nitrogen and oxygen atoms in total. The van der Waals surface area contributed by atoms with E-state index >= 15 is 0 Å². The fourth-order valence-electron chi connectivity index (χ4n) is 2.64. The third-order valence-corrected chi connectivity index (χ3v) is 3.86. The van der Waals surface area contributed by atoms with Gasteiger partial charge in [-0.15, -0.1) is 0 Å². The summed E-state index contributed by atoms with van der Waals surface area (Å²) >= 11 is 0. The van der Waals surface area contributed by atoms with Crippen LogP contribution in [0.25, 0.3) is 0 Å². The van der Waals surface area contributed by atoms with Crippen molar-refractivity contribution in [2.24, 2.45) is 0 Å². The fourth-order valence-corrected chi connectivity index (χ4v) is 2.64. The van der Waals surface area contributed by atoms with Crippen molar-refractivity contribution in [3.8, 4) is 0 Å². The van der Waals surface area contributed by atoms with E-state index in [0.29, 0.717) is 12.2 Å². The Labute approximate surface area is 120 Å². The summed E-state index contributed by atoms with van der Waals surface area (Å²) in [7, 11) is 0. The van der Waals surface area contributed by atoms with Crippen molar-refractivity contribution >= 4 is 17.5 Å². The summed E-state index contributed by atoms with van der Waals surface area (Å²) in [5, 5.41) is 2.68. The van der Waals surface area contributed by atoms with E-state index in [-0.39, 0.29) is 6.04 Å². The molecule has 1 aromatic rings. The van der Waals surface area contributed by atoms with Gasteiger partial charge >= 0.3 is 11.8 Å². The maximum absolute atomic E-state index is 12.3. The molecule has 0 radical (unpaired) electrons. The molecule has 0 aliphatic carbocycles. The number of aryl methyl sites for hydroxylation is 1. The molecule has 1 aliphatic heterocycles. The van der Waals surface area contributed by atoms with Crippen molar-refractivity contribution in [2.45, 2.75) is 45.6 Å². The molecule has 0 saturated carbocycles. The van der Waals surface area contributed by atoms with Crippen molar-refractivity contribution in [1.82, 2.24) is 4.90 Å². The Morgan fingerprint density at radius 3 is 2.60 bits per heavy atom. The highest BCUT2D eigenvalue weighted by molar-refractivity contribution is 6.39. The van der Waals surface area contributed by atoms with Gasteiger partial charge in [-0.05, 0) is 44.7 Å². The molecule has 1 aliphatic rings. The number of amides is 2. The second-order valence-electron chi connectivity index (χ2n) is 5.38. The van der Waals surface area contributed by atoms with E-state index in [1.165, 1.54) is 0 Å². The number of benzene rings is 1. The van der Waals surface area contributed by atoms with Crippen LogP contribution in [0.3, 0.4) is 0 Å². The van der Waals surface area contributed by atoms with E-state index in [1.54, 1.807) is 4.90 Å². The molecule has 1 heterocycles. The van der Waals surface area contributed by atoms with E-state index in [4.69, 9.17) is 0 Å². The highest BCUT2D eigenvalue weighted by Gasteiger charge is 2.29. The van der Waals surface area contributed by atoms with Crippen molar-refractivity contribution in [2.75, 3.05) is 11.9 Å². The van der Waals surface area contributed by atoms with Crippen molar-refractivity contribution < 1.29 is 9.59 Å². The van der Waals surface area contributed by atoms with Crippen molar-refractivity contribution in [3.63, 3.8) is 0 Å². The molecule has 1 aromatic carbocycles. The van der Waals surface area contributed by atoms with Crippen LogP contribution in [0.4, 0.5) is 5.69 Å². The van der Waals surface area contributed by atoms with E-state index < -0.39 is 11.8 Å². The zero-order chi connectivity index (χ0) is 14.5. The number of rotatable bonds is 2. The van der Waals surface area contributed by atoms with Crippen molar-refractivity contribution in [1.29, 1.82) is 0 Å². The molecule has 0 bridgehead atoms. The van der Waals surface area contributed by atoms with Gasteiger partial charge in [0.2, 0.25) is 0 Å². The molecule has 0 unspecified atom stereocenters. The summed E-state index contributed by atoms with van der Waals surface area (Å²) in [6, 6.07) is 7.66. The molecule has 1 fully saturated rings. The van der Waals surface area contributed by atoms with Gasteiger partial charge in [0, 0.05) is 18.3 Å². The lowest BCUT2D eigenvalue weighted by Crippen LogP contribution is -2.48. The van der Waals surface area contributed by atoms with Crippen LogP contribution in [0.2, 0.25) is 0 Å². The van der Waals surface area contributed by atoms with E-state index in [1.807, 2.05) is 31.2 Å². The molecule has 1 saturated heterocycles. The van der Waals surface area contributed by atoms with Crippen LogP contribution < -0.4 is 5.32 Å². The summed E-state index contributed by atoms with van der Waals surface area (Å²) in [6.45, 7) is 4.74. The first-order chi connectivity index (χ1) is 9.61. The predicted octanol–water partition coefficient (Wildman–Crippen LogP) is 2.72. The SMILES string of the molecule is CC[C@H]1CCCCN1C(=O)C(=O)Nc1ccc(C)cc1. The molecule has 2 rings (SSSR count). The number of carbonyl (C=O) groups is 2. The molecule has 2 amide bonds. The highest BCUT2D eigenvalue weighted by atomic mass is 16.2. The van der Waals surface area contributed by atoms with Crippen LogP contribution >= 0.6 is 0 Å². The topological polar surface area (TPSA) is 49.4 Å². The second-order valence-corrected chi connectivity index (χ2v) is 5.38. The largest absolute Gasteiger partial charge is 0.331 e. The van der Waals surface area contributed by atoms with Crippen molar-refractivity contribution in [3.05, 3.63) is 29.8 Å². The van der Waals surface area contributed by atoms with Crippen LogP contribution in [0.15, 0.2) is 24.3 Å². The molecule has 1 N–H and O–H groups in total. The molecule has 108 valence electrons. The van der Waals surface area contributed by atoms with Gasteiger partial charge in [0.1, 0.15) is 0 Å². The molecular formula is C16H22N2O2. The average Bonchev–Trinajstić information content (AvgIpc) is 2.48. The lowest BCUT2D eigenvalue weighted by Gasteiger charge is -2.34. The van der Waals surface area contributed by atoms with E-state index in [2.05, 4.69) is 12.2 Å². The minimum Gasteiger partial charge on any atom is -0.331 e. The Balaban J connectivity index is 2.00. The molecule has 0 aromatic heterocycles. The van der Waals surface area contributed by atoms with Gasteiger partial charge in [-0.2, -0.15) is 0 Å². The number of nitrogens with one attached hydrogen (secondary N) is 1. The first-order valence-corrected chi connectivity index (χ1v) is 7.30. The Morgan fingerprint density at radius 1 is 1.25 bits per heavy atom. The van der Waals surface area contributed by atoms with Gasteiger partial charge < -0.3 is 10.2 Å². The van der Waals surface area contributed by atoms with Crippen LogP contribution in [0, 0.1) is 6.92 Å². The average molecular weight is 274 g/mol. The number of likely N-dealkylation sites (tertiary alicyclic amines) is 1. The van der Waals surface area contributed by atoms with E-state index in [0.717, 1.165) is 31.2 Å². The van der Waals surface area contributed by atoms with Gasteiger partial charge in [-0.25, -0.2) is 0 Å². The zero-order valence-electron chi connectivity index (χ0n) is 12.2. The summed E-state index contributed by atoms with van der Waals surface area (Å²) in [5.74, 6) is -0.939. The summed E-state index contributed by atoms with van der Waals surface area (Å²) in [4.78, 5) is 26.0. The molecule has 1 atom stereocenters. The van der Waals surface area contributed by atoms with Crippen LogP contribution in [-0.4, -0.2) is 29.3 Å². The summed E-state index contributed by atoms with van der Waals surface area (Å²) in [6.07, 6.45) is 4.03. The predicted molar refractivity (Wildman–Crippen MR) is 79.5 cm³/mol. The van der Waals surface area contributed by atoms with E-state index in [9.17, 15) is 9.59 Å².